The van der Waals surface area contributed by atoms with Crippen LogP contribution in [-0.2, 0) is 0 Å². The minimum atomic E-state index is 0.561. The summed E-state index contributed by atoms with van der Waals surface area (Å²) in [4.78, 5) is 4.62. The van der Waals surface area contributed by atoms with Crippen molar-refractivity contribution in [3.05, 3.63) is 28.8 Å². The van der Waals surface area contributed by atoms with Gasteiger partial charge >= 0.3 is 0 Å². The summed E-state index contributed by atoms with van der Waals surface area (Å²) in [5.74, 6) is 4.10. The lowest BCUT2D eigenvalue weighted by Crippen LogP contribution is -2.03. The number of nitrogens with two attached hydrogens (primary N) is 1. The molecule has 0 spiro atoms. The van der Waals surface area contributed by atoms with Crippen LogP contribution in [0.3, 0.4) is 0 Å². The number of hydrogen-bond donors (Lipinski definition) is 1. The van der Waals surface area contributed by atoms with Crippen molar-refractivity contribution >= 4 is 38.9 Å². The van der Waals surface area contributed by atoms with Crippen LogP contribution < -0.4 is 5.73 Å². The quantitative estimate of drug-likeness (QED) is 0.880. The lowest BCUT2D eigenvalue weighted by Gasteiger charge is -2.07. The molecule has 1 aliphatic rings. The molecule has 2 aromatic heterocycles. The number of nitrogens with zero attached hydrogens (tertiary/aromatic N) is 2. The van der Waals surface area contributed by atoms with E-state index in [0.29, 0.717) is 5.92 Å². The highest BCUT2D eigenvalue weighted by Crippen LogP contribution is 2.35. The lowest BCUT2D eigenvalue weighted by molar-refractivity contribution is 0.712. The maximum atomic E-state index is 5.97. The largest absolute Gasteiger partial charge is 0.397 e. The Balaban J connectivity index is 2.22. The Kier molecular flexibility index (Phi) is 2.59. The number of anilines is 1. The lowest BCUT2D eigenvalue weighted by atomic mass is 10.1. The summed E-state index contributed by atoms with van der Waals surface area (Å²) in [6, 6.07) is 3.89. The Bertz CT molecular complexity index is 531. The molecule has 0 amide bonds. The van der Waals surface area contributed by atoms with Gasteiger partial charge in [0.2, 0.25) is 0 Å². The molecule has 1 unspecified atom stereocenters. The maximum absolute atomic E-state index is 5.97. The Morgan fingerprint density at radius 2 is 2.44 bits per heavy atom. The molecule has 0 aliphatic carbocycles. The topological polar surface area (TPSA) is 43.3 Å². The fourth-order valence-corrected chi connectivity index (χ4v) is 3.99. The van der Waals surface area contributed by atoms with E-state index in [1.165, 1.54) is 17.9 Å². The summed E-state index contributed by atoms with van der Waals surface area (Å²) < 4.78 is 2.98. The highest BCUT2D eigenvalue weighted by atomic mass is 79.9. The molecule has 0 saturated carbocycles. The van der Waals surface area contributed by atoms with Crippen LogP contribution in [0.25, 0.3) is 5.52 Å². The van der Waals surface area contributed by atoms with Crippen LogP contribution in [0.4, 0.5) is 5.69 Å². The van der Waals surface area contributed by atoms with Crippen LogP contribution >= 0.6 is 27.7 Å². The minimum absolute atomic E-state index is 0.561. The SMILES string of the molecule is Nc1cccn2c(C3CCSC3)nc(Br)c12. The average molecular weight is 298 g/mol. The van der Waals surface area contributed by atoms with E-state index in [1.807, 2.05) is 30.1 Å². The summed E-state index contributed by atoms with van der Waals surface area (Å²) >= 11 is 5.50. The highest BCUT2D eigenvalue weighted by molar-refractivity contribution is 9.10. The first-order valence-corrected chi connectivity index (χ1v) is 7.22. The number of thioether (sulfide) groups is 1. The van der Waals surface area contributed by atoms with Crippen LogP contribution in [0.1, 0.15) is 18.2 Å². The molecule has 16 heavy (non-hydrogen) atoms. The van der Waals surface area contributed by atoms with E-state index in [-0.39, 0.29) is 0 Å². The Labute approximate surface area is 107 Å². The fraction of sp³-hybridized carbons (Fsp3) is 0.364. The number of halogens is 1. The summed E-state index contributed by atoms with van der Waals surface area (Å²) in [6.45, 7) is 0. The number of rotatable bonds is 1. The van der Waals surface area contributed by atoms with Gasteiger partial charge in [-0.05, 0) is 40.2 Å². The van der Waals surface area contributed by atoms with E-state index >= 15 is 0 Å². The Morgan fingerprint density at radius 3 is 3.19 bits per heavy atom. The van der Waals surface area contributed by atoms with E-state index in [4.69, 9.17) is 5.73 Å². The predicted molar refractivity (Wildman–Crippen MR) is 72.0 cm³/mol. The summed E-state index contributed by atoms with van der Waals surface area (Å²) in [5, 5.41) is 0. The zero-order valence-electron chi connectivity index (χ0n) is 8.69. The van der Waals surface area contributed by atoms with Gasteiger partial charge in [-0.25, -0.2) is 4.98 Å². The normalized spacial score (nSPS) is 20.7. The van der Waals surface area contributed by atoms with Gasteiger partial charge in [-0.3, -0.25) is 0 Å². The van der Waals surface area contributed by atoms with Crippen molar-refractivity contribution in [2.45, 2.75) is 12.3 Å². The van der Waals surface area contributed by atoms with Crippen LogP contribution in [0, 0.1) is 0 Å². The van der Waals surface area contributed by atoms with Crippen molar-refractivity contribution < 1.29 is 0 Å². The molecule has 3 nitrogen and oxygen atoms in total. The van der Waals surface area contributed by atoms with Crippen molar-refractivity contribution in [2.24, 2.45) is 0 Å². The number of aromatic nitrogens is 2. The molecule has 84 valence electrons. The average Bonchev–Trinajstić information content (AvgIpc) is 2.86. The van der Waals surface area contributed by atoms with Crippen LogP contribution in [-0.4, -0.2) is 20.9 Å². The van der Waals surface area contributed by atoms with Gasteiger partial charge in [0.1, 0.15) is 15.9 Å². The zero-order chi connectivity index (χ0) is 11.1. The van der Waals surface area contributed by atoms with E-state index in [0.717, 1.165) is 21.6 Å². The number of imidazole rings is 1. The van der Waals surface area contributed by atoms with Gasteiger partial charge in [0.15, 0.2) is 0 Å². The molecule has 2 N–H and O–H groups in total. The monoisotopic (exact) mass is 297 g/mol. The number of nitrogen functional groups attached to an aromatic ring is 1. The molecule has 0 aromatic carbocycles. The molecule has 1 saturated heterocycles. The second-order valence-corrected chi connectivity index (χ2v) is 5.90. The van der Waals surface area contributed by atoms with Gasteiger partial charge in [0.05, 0.1) is 5.69 Å². The van der Waals surface area contributed by atoms with Crippen LogP contribution in [0.15, 0.2) is 22.9 Å². The zero-order valence-corrected chi connectivity index (χ0v) is 11.1. The third-order valence-corrected chi connectivity index (χ3v) is 4.69. The number of pyridine rings is 1. The summed E-state index contributed by atoms with van der Waals surface area (Å²) in [5.41, 5.74) is 7.74. The summed E-state index contributed by atoms with van der Waals surface area (Å²) in [7, 11) is 0. The molecule has 3 heterocycles. The molecule has 3 rings (SSSR count). The fourth-order valence-electron chi connectivity index (χ4n) is 2.17. The standard InChI is InChI=1S/C11H12BrN3S/c12-10-9-8(13)2-1-4-15(9)11(14-10)7-3-5-16-6-7/h1-2,4,7H,3,5-6,13H2. The molecule has 0 bridgehead atoms. The third-order valence-electron chi connectivity index (χ3n) is 2.98. The van der Waals surface area contributed by atoms with Gasteiger partial charge in [-0.15, -0.1) is 0 Å². The smallest absolute Gasteiger partial charge is 0.134 e. The Morgan fingerprint density at radius 1 is 1.56 bits per heavy atom. The highest BCUT2D eigenvalue weighted by Gasteiger charge is 2.23. The second-order valence-electron chi connectivity index (χ2n) is 4.00. The van der Waals surface area contributed by atoms with Crippen LogP contribution in [0.5, 0.6) is 0 Å². The molecule has 1 aliphatic heterocycles. The number of hydrogen-bond acceptors (Lipinski definition) is 3. The van der Waals surface area contributed by atoms with Gasteiger partial charge in [-0.1, -0.05) is 0 Å². The molecule has 1 fully saturated rings. The first-order chi connectivity index (χ1) is 7.77. The predicted octanol–water partition coefficient (Wildman–Crippen LogP) is 2.90. The van der Waals surface area contributed by atoms with Gasteiger partial charge in [0.25, 0.3) is 0 Å². The first-order valence-electron chi connectivity index (χ1n) is 5.27. The van der Waals surface area contributed by atoms with Crippen molar-refractivity contribution in [1.29, 1.82) is 0 Å². The summed E-state index contributed by atoms with van der Waals surface area (Å²) in [6.07, 6.45) is 3.26. The van der Waals surface area contributed by atoms with Crippen molar-refractivity contribution in [3.63, 3.8) is 0 Å². The molecule has 2 aromatic rings. The van der Waals surface area contributed by atoms with Crippen molar-refractivity contribution in [3.8, 4) is 0 Å². The third kappa shape index (κ3) is 1.53. The van der Waals surface area contributed by atoms with Crippen LogP contribution in [0.2, 0.25) is 0 Å². The van der Waals surface area contributed by atoms with Gasteiger partial charge in [-0.2, -0.15) is 11.8 Å². The van der Waals surface area contributed by atoms with Gasteiger partial charge < -0.3 is 10.1 Å². The van der Waals surface area contributed by atoms with Crippen molar-refractivity contribution in [1.82, 2.24) is 9.38 Å². The minimum Gasteiger partial charge on any atom is -0.397 e. The Hall–Kier alpha value is -0.680. The molecular weight excluding hydrogens is 286 g/mol. The second kappa shape index (κ2) is 3.96. The first kappa shape index (κ1) is 10.5. The maximum Gasteiger partial charge on any atom is 0.134 e. The van der Waals surface area contributed by atoms with Gasteiger partial charge in [0, 0.05) is 17.9 Å². The van der Waals surface area contributed by atoms with E-state index in [9.17, 15) is 0 Å². The van der Waals surface area contributed by atoms with E-state index in [2.05, 4.69) is 25.3 Å². The van der Waals surface area contributed by atoms with Crippen molar-refractivity contribution in [2.75, 3.05) is 17.2 Å². The number of fused-ring (bicyclic) bond motifs is 1. The molecule has 1 atom stereocenters. The van der Waals surface area contributed by atoms with E-state index < -0.39 is 0 Å². The molecule has 0 radical (unpaired) electrons. The van der Waals surface area contributed by atoms with E-state index in [1.54, 1.807) is 0 Å². The molecular formula is C11H12BrN3S. The molecule has 5 heteroatoms.